The molecule has 2 amide bonds. The Balaban J connectivity index is 1.34. The highest BCUT2D eigenvalue weighted by molar-refractivity contribution is 5.86. The second-order valence-corrected chi connectivity index (χ2v) is 8.27. The van der Waals surface area contributed by atoms with Crippen LogP contribution in [0.25, 0.3) is 11.1 Å². The number of amides is 2. The SMILES string of the molecule is O=C(CCc1ccccc1NC(=O)OCC1c2ccccc2-c2ccccc21)NCC(O)C(=O)O. The number of carbonyl (C=O) groups excluding carboxylic acids is 2. The Morgan fingerprint density at radius 2 is 1.49 bits per heavy atom. The lowest BCUT2D eigenvalue weighted by atomic mass is 9.98. The number of fused-ring (bicyclic) bond motifs is 3. The van der Waals surface area contributed by atoms with Gasteiger partial charge in [0.15, 0.2) is 6.10 Å². The smallest absolute Gasteiger partial charge is 0.411 e. The normalized spacial score (nSPS) is 12.8. The summed E-state index contributed by atoms with van der Waals surface area (Å²) < 4.78 is 5.60. The molecule has 0 saturated heterocycles. The van der Waals surface area contributed by atoms with Crippen molar-refractivity contribution in [3.8, 4) is 11.1 Å². The fourth-order valence-electron chi connectivity index (χ4n) is 4.24. The molecule has 0 fully saturated rings. The van der Waals surface area contributed by atoms with Crippen molar-refractivity contribution in [3.05, 3.63) is 89.5 Å². The summed E-state index contributed by atoms with van der Waals surface area (Å²) in [6, 6.07) is 23.3. The standard InChI is InChI=1S/C27H26N2O6/c30-24(26(32)33)15-28-25(31)14-13-17-7-1-6-12-23(17)29-27(34)35-16-22-20-10-4-2-8-18(20)19-9-3-5-11-21(19)22/h1-12,22,24,30H,13-16H2,(H,28,31)(H,29,34)(H,32,33). The van der Waals surface area contributed by atoms with Gasteiger partial charge in [0.1, 0.15) is 6.61 Å². The number of rotatable bonds is 9. The number of carboxylic acid groups (broad SMARTS) is 1. The van der Waals surface area contributed by atoms with Crippen molar-refractivity contribution in [1.29, 1.82) is 0 Å². The highest BCUT2D eigenvalue weighted by Gasteiger charge is 2.29. The van der Waals surface area contributed by atoms with Crippen LogP contribution in [0, 0.1) is 0 Å². The average molecular weight is 475 g/mol. The Kier molecular flexibility index (Phi) is 7.42. The molecular weight excluding hydrogens is 448 g/mol. The molecule has 1 aliphatic rings. The van der Waals surface area contributed by atoms with Crippen LogP contribution in [0.2, 0.25) is 0 Å². The van der Waals surface area contributed by atoms with E-state index in [0.717, 1.165) is 27.8 Å². The molecule has 4 N–H and O–H groups in total. The molecule has 0 aliphatic heterocycles. The summed E-state index contributed by atoms with van der Waals surface area (Å²) in [5.41, 5.74) is 5.81. The highest BCUT2D eigenvalue weighted by Crippen LogP contribution is 2.44. The summed E-state index contributed by atoms with van der Waals surface area (Å²) >= 11 is 0. The molecule has 0 bridgehead atoms. The zero-order valence-corrected chi connectivity index (χ0v) is 18.9. The van der Waals surface area contributed by atoms with Crippen molar-refractivity contribution in [3.63, 3.8) is 0 Å². The molecule has 3 aromatic carbocycles. The van der Waals surface area contributed by atoms with E-state index in [1.807, 2.05) is 24.3 Å². The minimum atomic E-state index is -1.65. The molecule has 0 aromatic heterocycles. The van der Waals surface area contributed by atoms with Crippen LogP contribution in [0.1, 0.15) is 29.0 Å². The van der Waals surface area contributed by atoms with Gasteiger partial charge in [0.2, 0.25) is 5.91 Å². The van der Waals surface area contributed by atoms with Gasteiger partial charge in [-0.25, -0.2) is 9.59 Å². The lowest BCUT2D eigenvalue weighted by Crippen LogP contribution is -2.36. The van der Waals surface area contributed by atoms with E-state index in [4.69, 9.17) is 9.84 Å². The number of anilines is 1. The first-order valence-electron chi connectivity index (χ1n) is 11.3. The highest BCUT2D eigenvalue weighted by atomic mass is 16.5. The third kappa shape index (κ3) is 5.67. The molecule has 0 saturated carbocycles. The van der Waals surface area contributed by atoms with Crippen LogP contribution in [0.3, 0.4) is 0 Å². The number of hydrogen-bond acceptors (Lipinski definition) is 5. The number of aliphatic hydroxyl groups is 1. The van der Waals surface area contributed by atoms with Gasteiger partial charge >= 0.3 is 12.1 Å². The van der Waals surface area contributed by atoms with Crippen molar-refractivity contribution < 1.29 is 29.3 Å². The zero-order valence-electron chi connectivity index (χ0n) is 18.9. The van der Waals surface area contributed by atoms with Crippen LogP contribution < -0.4 is 10.6 Å². The van der Waals surface area contributed by atoms with Crippen molar-refractivity contribution >= 4 is 23.7 Å². The number of hydrogen-bond donors (Lipinski definition) is 4. The summed E-state index contributed by atoms with van der Waals surface area (Å²) in [7, 11) is 0. The first-order chi connectivity index (χ1) is 16.9. The maximum atomic E-state index is 12.6. The quantitative estimate of drug-likeness (QED) is 0.376. The van der Waals surface area contributed by atoms with Gasteiger partial charge in [-0.15, -0.1) is 0 Å². The van der Waals surface area contributed by atoms with Gasteiger partial charge in [-0.3, -0.25) is 10.1 Å². The Labute approximate surface area is 202 Å². The summed E-state index contributed by atoms with van der Waals surface area (Å²) in [6.07, 6.45) is -1.86. The Bertz CT molecular complexity index is 1200. The monoisotopic (exact) mass is 474 g/mol. The third-order valence-electron chi connectivity index (χ3n) is 6.00. The number of para-hydroxylation sites is 1. The number of benzene rings is 3. The lowest BCUT2D eigenvalue weighted by Gasteiger charge is -2.16. The van der Waals surface area contributed by atoms with Crippen LogP contribution in [0.15, 0.2) is 72.8 Å². The van der Waals surface area contributed by atoms with E-state index in [9.17, 15) is 19.5 Å². The minimum Gasteiger partial charge on any atom is -0.479 e. The Morgan fingerprint density at radius 1 is 0.886 bits per heavy atom. The van der Waals surface area contributed by atoms with E-state index in [2.05, 4.69) is 34.9 Å². The molecule has 8 nitrogen and oxygen atoms in total. The summed E-state index contributed by atoms with van der Waals surface area (Å²) in [5.74, 6) is -1.85. The molecule has 35 heavy (non-hydrogen) atoms. The van der Waals surface area contributed by atoms with Crippen molar-refractivity contribution in [2.75, 3.05) is 18.5 Å². The predicted molar refractivity (Wildman–Crippen MR) is 130 cm³/mol. The van der Waals surface area contributed by atoms with Crippen molar-refractivity contribution in [1.82, 2.24) is 5.32 Å². The Hall–Kier alpha value is -4.17. The molecule has 0 heterocycles. The summed E-state index contributed by atoms with van der Waals surface area (Å²) in [6.45, 7) is -0.176. The van der Waals surface area contributed by atoms with Gasteiger partial charge in [-0.05, 0) is 40.3 Å². The van der Waals surface area contributed by atoms with Crippen LogP contribution >= 0.6 is 0 Å². The zero-order chi connectivity index (χ0) is 24.8. The number of carbonyl (C=O) groups is 3. The number of carboxylic acids is 1. The molecule has 8 heteroatoms. The molecular formula is C27H26N2O6. The number of ether oxygens (including phenoxy) is 1. The molecule has 0 radical (unpaired) electrons. The molecule has 3 aromatic rings. The van der Waals surface area contributed by atoms with E-state index in [-0.39, 0.29) is 25.5 Å². The van der Waals surface area contributed by atoms with Gasteiger partial charge in [0.25, 0.3) is 0 Å². The number of aliphatic hydroxyl groups excluding tert-OH is 1. The predicted octanol–water partition coefficient (Wildman–Crippen LogP) is 3.54. The number of aryl methyl sites for hydroxylation is 1. The second kappa shape index (κ2) is 10.8. The maximum Gasteiger partial charge on any atom is 0.411 e. The van der Waals surface area contributed by atoms with Gasteiger partial charge in [-0.2, -0.15) is 0 Å². The molecule has 180 valence electrons. The third-order valence-corrected chi connectivity index (χ3v) is 6.00. The first-order valence-corrected chi connectivity index (χ1v) is 11.3. The van der Waals surface area contributed by atoms with Gasteiger partial charge in [0.05, 0.1) is 6.54 Å². The van der Waals surface area contributed by atoms with E-state index < -0.39 is 24.1 Å². The molecule has 1 aliphatic carbocycles. The average Bonchev–Trinajstić information content (AvgIpc) is 3.19. The lowest BCUT2D eigenvalue weighted by molar-refractivity contribution is -0.146. The second-order valence-electron chi connectivity index (χ2n) is 8.27. The van der Waals surface area contributed by atoms with E-state index in [0.29, 0.717) is 12.1 Å². The maximum absolute atomic E-state index is 12.6. The van der Waals surface area contributed by atoms with Gasteiger partial charge in [0, 0.05) is 18.0 Å². The molecule has 1 unspecified atom stereocenters. The van der Waals surface area contributed by atoms with E-state index >= 15 is 0 Å². The minimum absolute atomic E-state index is 0.0479. The topological polar surface area (TPSA) is 125 Å². The number of nitrogens with one attached hydrogen (secondary N) is 2. The Morgan fingerprint density at radius 3 is 2.14 bits per heavy atom. The summed E-state index contributed by atoms with van der Waals surface area (Å²) in [4.78, 5) is 35.3. The van der Waals surface area contributed by atoms with E-state index in [1.165, 1.54) is 0 Å². The van der Waals surface area contributed by atoms with Crippen LogP contribution in [0.4, 0.5) is 10.5 Å². The van der Waals surface area contributed by atoms with Crippen molar-refractivity contribution in [2.45, 2.75) is 24.9 Å². The van der Waals surface area contributed by atoms with Crippen LogP contribution in [-0.4, -0.2) is 47.4 Å². The molecule has 0 spiro atoms. The van der Waals surface area contributed by atoms with Gasteiger partial charge in [-0.1, -0.05) is 66.7 Å². The number of aliphatic carboxylic acids is 1. The van der Waals surface area contributed by atoms with Crippen LogP contribution in [0.5, 0.6) is 0 Å². The largest absolute Gasteiger partial charge is 0.479 e. The summed E-state index contributed by atoms with van der Waals surface area (Å²) in [5, 5.41) is 23.1. The van der Waals surface area contributed by atoms with Crippen molar-refractivity contribution in [2.24, 2.45) is 0 Å². The fourth-order valence-corrected chi connectivity index (χ4v) is 4.24. The van der Waals surface area contributed by atoms with E-state index in [1.54, 1.807) is 24.3 Å². The van der Waals surface area contributed by atoms with Crippen LogP contribution in [-0.2, 0) is 20.7 Å². The first kappa shape index (κ1) is 24.0. The van der Waals surface area contributed by atoms with Gasteiger partial charge < -0.3 is 20.3 Å². The molecule has 4 rings (SSSR count). The fraction of sp³-hybridized carbons (Fsp3) is 0.222. The molecule has 1 atom stereocenters.